The lowest BCUT2D eigenvalue weighted by Crippen LogP contribution is -2.46. The Hall–Kier alpha value is -1.28. The van der Waals surface area contributed by atoms with Gasteiger partial charge >= 0.3 is 5.97 Å². The molecule has 0 N–H and O–H groups in total. The van der Waals surface area contributed by atoms with Gasteiger partial charge in [-0.2, -0.15) is 4.89 Å². The maximum absolute atomic E-state index is 12.2. The van der Waals surface area contributed by atoms with E-state index in [4.69, 9.17) is 19.2 Å². The first kappa shape index (κ1) is 24.0. The van der Waals surface area contributed by atoms with Crippen molar-refractivity contribution in [2.45, 2.75) is 79.3 Å². The number of ether oxygens (including phenoxy) is 2. The van der Waals surface area contributed by atoms with E-state index in [2.05, 4.69) is 20.8 Å². The first-order valence-electron chi connectivity index (χ1n) is 10.9. The van der Waals surface area contributed by atoms with Gasteiger partial charge in [-0.25, -0.2) is 4.89 Å². The highest BCUT2D eigenvalue weighted by atomic mass is 17.3. The fourth-order valence-corrected chi connectivity index (χ4v) is 4.17. The predicted octanol–water partition coefficient (Wildman–Crippen LogP) is 3.83. The Morgan fingerprint density at radius 1 is 1.17 bits per heavy atom. The Morgan fingerprint density at radius 2 is 1.83 bits per heavy atom. The second-order valence-electron chi connectivity index (χ2n) is 8.47. The van der Waals surface area contributed by atoms with Crippen LogP contribution in [-0.2, 0) is 28.8 Å². The number of rotatable bonds is 11. The number of amides is 2. The second kappa shape index (κ2) is 10.7. The van der Waals surface area contributed by atoms with Crippen LogP contribution in [0.3, 0.4) is 0 Å². The van der Waals surface area contributed by atoms with Crippen LogP contribution >= 0.6 is 0 Å². The van der Waals surface area contributed by atoms with Crippen LogP contribution in [0.1, 0.15) is 67.2 Å². The van der Waals surface area contributed by atoms with Gasteiger partial charge in [0, 0.05) is 31.4 Å². The van der Waals surface area contributed by atoms with Gasteiger partial charge in [-0.1, -0.05) is 27.2 Å². The van der Waals surface area contributed by atoms with Crippen LogP contribution in [0.2, 0.25) is 0 Å². The third kappa shape index (κ3) is 6.10. The molecule has 0 saturated heterocycles. The summed E-state index contributed by atoms with van der Waals surface area (Å²) in [6, 6.07) is 0. The average Bonchev–Trinajstić information content (AvgIpc) is 2.90. The van der Waals surface area contributed by atoms with Gasteiger partial charge < -0.3 is 9.47 Å². The third-order valence-electron chi connectivity index (χ3n) is 5.82. The van der Waals surface area contributed by atoms with Crippen LogP contribution < -0.4 is 0 Å². The fraction of sp³-hybridized carbons (Fsp3) is 0.818. The van der Waals surface area contributed by atoms with Crippen molar-refractivity contribution in [1.82, 2.24) is 4.90 Å². The summed E-state index contributed by atoms with van der Waals surface area (Å²) in [5, 5.41) is 0. The first-order valence-corrected chi connectivity index (χ1v) is 10.9. The van der Waals surface area contributed by atoms with E-state index in [9.17, 15) is 9.59 Å². The van der Waals surface area contributed by atoms with Gasteiger partial charge in [-0.3, -0.25) is 14.5 Å². The second-order valence-corrected chi connectivity index (χ2v) is 8.47. The molecule has 1 heterocycles. The zero-order valence-electron chi connectivity index (χ0n) is 18.7. The van der Waals surface area contributed by atoms with E-state index in [1.54, 1.807) is 6.92 Å². The molecule has 166 valence electrons. The number of hydrogen-bond donors (Lipinski definition) is 0. The maximum Gasteiger partial charge on any atom is 0.313 e. The lowest BCUT2D eigenvalue weighted by atomic mass is 9.75. The van der Waals surface area contributed by atoms with E-state index >= 15 is 0 Å². The molecule has 1 fully saturated rings. The minimum atomic E-state index is -1.46. The number of imide groups is 1. The van der Waals surface area contributed by atoms with Crippen molar-refractivity contribution in [3.05, 3.63) is 11.6 Å². The quantitative estimate of drug-likeness (QED) is 0.223. The minimum Gasteiger partial charge on any atom is -0.326 e. The molecule has 0 aromatic carbocycles. The third-order valence-corrected chi connectivity index (χ3v) is 5.82. The molecule has 0 aromatic rings. The number of carbonyl (C=O) groups is 2. The van der Waals surface area contributed by atoms with Crippen molar-refractivity contribution in [2.75, 3.05) is 19.8 Å². The summed E-state index contributed by atoms with van der Waals surface area (Å²) in [6.07, 6.45) is 4.68. The molecular formula is C22H37NO6. The molecule has 1 aliphatic carbocycles. The highest BCUT2D eigenvalue weighted by Crippen LogP contribution is 2.36. The lowest BCUT2D eigenvalue weighted by Gasteiger charge is -2.39. The molecule has 2 aliphatic rings. The Kier molecular flexibility index (Phi) is 8.82. The standard InChI is InChI=1S/C22H37NO6/c1-7-26-22(27-8-2,11-12-23-20(24)14-17(6)21(23)25)29-28-19-13-16(5)9-10-18(19)15(3)4/h14-16,18-19H,7-13H2,1-6H3. The summed E-state index contributed by atoms with van der Waals surface area (Å²) >= 11 is 0. The van der Waals surface area contributed by atoms with Crippen LogP contribution in [0, 0.1) is 17.8 Å². The minimum absolute atomic E-state index is 0.0435. The summed E-state index contributed by atoms with van der Waals surface area (Å²) in [4.78, 5) is 37.2. The van der Waals surface area contributed by atoms with Gasteiger partial charge in [-0.15, -0.1) is 0 Å². The maximum atomic E-state index is 12.2. The molecule has 2 rings (SSSR count). The van der Waals surface area contributed by atoms with Crippen LogP contribution in [0.4, 0.5) is 0 Å². The predicted molar refractivity (Wildman–Crippen MR) is 108 cm³/mol. The highest BCUT2D eigenvalue weighted by molar-refractivity contribution is 6.15. The monoisotopic (exact) mass is 411 g/mol. The Balaban J connectivity index is 2.07. The van der Waals surface area contributed by atoms with Crippen molar-refractivity contribution in [1.29, 1.82) is 0 Å². The molecular weight excluding hydrogens is 374 g/mol. The normalized spacial score (nSPS) is 25.8. The van der Waals surface area contributed by atoms with Crippen molar-refractivity contribution < 1.29 is 28.8 Å². The topological polar surface area (TPSA) is 74.3 Å². The van der Waals surface area contributed by atoms with E-state index in [0.717, 1.165) is 12.8 Å². The van der Waals surface area contributed by atoms with E-state index < -0.39 is 5.97 Å². The summed E-state index contributed by atoms with van der Waals surface area (Å²) in [5.41, 5.74) is 0.432. The van der Waals surface area contributed by atoms with Crippen LogP contribution in [-0.4, -0.2) is 48.5 Å². The zero-order valence-corrected chi connectivity index (χ0v) is 18.7. The van der Waals surface area contributed by atoms with Gasteiger partial charge in [0.2, 0.25) is 0 Å². The van der Waals surface area contributed by atoms with Gasteiger partial charge in [0.05, 0.1) is 12.5 Å². The molecule has 0 bridgehead atoms. The van der Waals surface area contributed by atoms with E-state index in [1.165, 1.54) is 17.4 Å². The SMILES string of the molecule is CCOC(CCN1C(=O)C=C(C)C1=O)(OCC)OOC1CC(C)CCC1C(C)C. The number of nitrogens with zero attached hydrogens (tertiary/aromatic N) is 1. The molecule has 0 spiro atoms. The Morgan fingerprint density at radius 3 is 2.34 bits per heavy atom. The van der Waals surface area contributed by atoms with Crippen molar-refractivity contribution in [3.8, 4) is 0 Å². The van der Waals surface area contributed by atoms with Gasteiger partial charge in [0.15, 0.2) is 0 Å². The van der Waals surface area contributed by atoms with Crippen LogP contribution in [0.15, 0.2) is 11.6 Å². The van der Waals surface area contributed by atoms with E-state index in [0.29, 0.717) is 36.5 Å². The molecule has 7 heteroatoms. The van der Waals surface area contributed by atoms with E-state index in [1.807, 2.05) is 13.8 Å². The van der Waals surface area contributed by atoms with Gasteiger partial charge in [-0.05, 0) is 51.4 Å². The summed E-state index contributed by atoms with van der Waals surface area (Å²) < 4.78 is 11.6. The summed E-state index contributed by atoms with van der Waals surface area (Å²) in [6.45, 7) is 12.8. The number of carbonyl (C=O) groups excluding carboxylic acids is 2. The van der Waals surface area contributed by atoms with Gasteiger partial charge in [0.1, 0.15) is 0 Å². The fourth-order valence-electron chi connectivity index (χ4n) is 4.17. The molecule has 0 radical (unpaired) electrons. The van der Waals surface area contributed by atoms with Crippen LogP contribution in [0.25, 0.3) is 0 Å². The lowest BCUT2D eigenvalue weighted by molar-refractivity contribution is -0.522. The summed E-state index contributed by atoms with van der Waals surface area (Å²) in [5.74, 6) is -0.613. The molecule has 0 aromatic heterocycles. The Bertz CT molecular complexity index is 596. The smallest absolute Gasteiger partial charge is 0.313 e. The summed E-state index contributed by atoms with van der Waals surface area (Å²) in [7, 11) is 0. The Labute approximate surface area is 174 Å². The molecule has 1 saturated carbocycles. The number of hydrogen-bond acceptors (Lipinski definition) is 6. The first-order chi connectivity index (χ1) is 13.7. The zero-order chi connectivity index (χ0) is 21.6. The highest BCUT2D eigenvalue weighted by Gasteiger charge is 2.41. The molecule has 1 aliphatic heterocycles. The molecule has 3 unspecified atom stereocenters. The van der Waals surface area contributed by atoms with Crippen molar-refractivity contribution in [3.63, 3.8) is 0 Å². The van der Waals surface area contributed by atoms with Crippen LogP contribution in [0.5, 0.6) is 0 Å². The molecule has 3 atom stereocenters. The largest absolute Gasteiger partial charge is 0.326 e. The van der Waals surface area contributed by atoms with Crippen molar-refractivity contribution in [2.24, 2.45) is 17.8 Å². The van der Waals surface area contributed by atoms with Gasteiger partial charge in [0.25, 0.3) is 11.8 Å². The average molecular weight is 412 g/mol. The molecule has 29 heavy (non-hydrogen) atoms. The molecule has 7 nitrogen and oxygen atoms in total. The molecule has 2 amide bonds. The van der Waals surface area contributed by atoms with Crippen molar-refractivity contribution >= 4 is 11.8 Å². The van der Waals surface area contributed by atoms with E-state index in [-0.39, 0.29) is 30.9 Å².